The van der Waals surface area contributed by atoms with Gasteiger partial charge in [-0.05, 0) is 68.1 Å². The van der Waals surface area contributed by atoms with Crippen molar-refractivity contribution in [2.24, 2.45) is 0 Å². The Balaban J connectivity index is 1.61. The van der Waals surface area contributed by atoms with Crippen LogP contribution in [-0.4, -0.2) is 26.9 Å². The van der Waals surface area contributed by atoms with Crippen LogP contribution in [0, 0.1) is 13.8 Å². The zero-order valence-corrected chi connectivity index (χ0v) is 20.6. The molecular formula is C26H25N3O2S2. The number of aryl methyl sites for hydroxylation is 2. The molecule has 2 heterocycles. The minimum atomic E-state index is -0.317. The van der Waals surface area contributed by atoms with Crippen molar-refractivity contribution in [3.05, 3.63) is 70.9 Å². The van der Waals surface area contributed by atoms with Gasteiger partial charge in [0.1, 0.15) is 16.2 Å². The van der Waals surface area contributed by atoms with Gasteiger partial charge in [0.05, 0.1) is 10.6 Å². The number of hydrogen-bond donors (Lipinski definition) is 1. The number of carbonyl (C=O) groups is 2. The molecule has 4 rings (SSSR count). The van der Waals surface area contributed by atoms with Gasteiger partial charge >= 0.3 is 0 Å². The molecule has 0 spiro atoms. The van der Waals surface area contributed by atoms with Gasteiger partial charge in [0.15, 0.2) is 5.78 Å². The molecule has 0 saturated heterocycles. The molecule has 1 N–H and O–H groups in total. The van der Waals surface area contributed by atoms with Crippen molar-refractivity contribution >= 4 is 50.7 Å². The van der Waals surface area contributed by atoms with Crippen LogP contribution >= 0.6 is 23.1 Å². The van der Waals surface area contributed by atoms with E-state index < -0.39 is 0 Å². The molecule has 2 aromatic carbocycles. The summed E-state index contributed by atoms with van der Waals surface area (Å²) in [6, 6.07) is 13.4. The zero-order chi connectivity index (χ0) is 23.5. The molecule has 1 atom stereocenters. The van der Waals surface area contributed by atoms with Crippen molar-refractivity contribution in [1.82, 2.24) is 9.97 Å². The highest BCUT2D eigenvalue weighted by Crippen LogP contribution is 2.40. The Kier molecular flexibility index (Phi) is 6.91. The standard InChI is InChI=1S/C26H25N3O2S2/c1-5-22(24(31)29-20-10-8-18(9-11-20)17(4)30)33-26-23-21(13-32-25(23)27-14-28-26)19-7-6-15(2)16(3)12-19/h6-14,22H,5H2,1-4H3,(H,29,31). The number of ketones is 1. The molecule has 33 heavy (non-hydrogen) atoms. The molecule has 0 aliphatic carbocycles. The molecule has 0 bridgehead atoms. The Hall–Kier alpha value is -3.03. The minimum absolute atomic E-state index is 0.00187. The zero-order valence-electron chi connectivity index (χ0n) is 19.0. The predicted molar refractivity (Wildman–Crippen MR) is 137 cm³/mol. The van der Waals surface area contributed by atoms with Crippen LogP contribution in [0.4, 0.5) is 5.69 Å². The summed E-state index contributed by atoms with van der Waals surface area (Å²) >= 11 is 3.05. The van der Waals surface area contributed by atoms with Gasteiger partial charge < -0.3 is 5.32 Å². The molecule has 1 unspecified atom stereocenters. The molecule has 0 aliphatic heterocycles. The predicted octanol–water partition coefficient (Wildman–Crippen LogP) is 6.69. The normalized spacial score (nSPS) is 12.0. The number of nitrogens with zero attached hydrogens (tertiary/aromatic N) is 2. The van der Waals surface area contributed by atoms with Crippen LogP contribution in [0.3, 0.4) is 0 Å². The largest absolute Gasteiger partial charge is 0.325 e. The van der Waals surface area contributed by atoms with Crippen LogP contribution in [0.1, 0.15) is 41.8 Å². The highest BCUT2D eigenvalue weighted by molar-refractivity contribution is 8.00. The van der Waals surface area contributed by atoms with Gasteiger partial charge in [-0.3, -0.25) is 9.59 Å². The molecule has 1 amide bonds. The average molecular weight is 476 g/mol. The maximum atomic E-state index is 13.0. The first-order chi connectivity index (χ1) is 15.9. The third-order valence-corrected chi connectivity index (χ3v) is 7.88. The van der Waals surface area contributed by atoms with E-state index in [0.29, 0.717) is 17.7 Å². The van der Waals surface area contributed by atoms with Gasteiger partial charge in [-0.2, -0.15) is 0 Å². The fourth-order valence-electron chi connectivity index (χ4n) is 3.53. The Morgan fingerprint density at radius 2 is 1.82 bits per heavy atom. The average Bonchev–Trinajstić information content (AvgIpc) is 3.24. The van der Waals surface area contributed by atoms with Gasteiger partial charge in [-0.25, -0.2) is 9.97 Å². The lowest BCUT2D eigenvalue weighted by molar-refractivity contribution is -0.115. The van der Waals surface area contributed by atoms with E-state index in [9.17, 15) is 9.59 Å². The van der Waals surface area contributed by atoms with Crippen LogP contribution in [0.25, 0.3) is 21.3 Å². The van der Waals surface area contributed by atoms with Crippen molar-refractivity contribution in [2.75, 3.05) is 5.32 Å². The summed E-state index contributed by atoms with van der Waals surface area (Å²) in [7, 11) is 0. The minimum Gasteiger partial charge on any atom is -0.325 e. The fraction of sp³-hybridized carbons (Fsp3) is 0.231. The summed E-state index contributed by atoms with van der Waals surface area (Å²) in [6.07, 6.45) is 2.22. The molecule has 0 radical (unpaired) electrons. The Labute approximate surface area is 201 Å². The number of aromatic nitrogens is 2. The maximum Gasteiger partial charge on any atom is 0.237 e. The number of Topliss-reactive ketones (excluding diaryl/α,β-unsaturated/α-hetero) is 1. The number of carbonyl (C=O) groups excluding carboxylic acids is 2. The monoisotopic (exact) mass is 475 g/mol. The van der Waals surface area contributed by atoms with E-state index in [1.165, 1.54) is 29.8 Å². The molecule has 5 nitrogen and oxygen atoms in total. The van der Waals surface area contributed by atoms with E-state index in [1.54, 1.807) is 41.9 Å². The molecule has 0 saturated carbocycles. The quantitative estimate of drug-likeness (QED) is 0.183. The van der Waals surface area contributed by atoms with E-state index in [2.05, 4.69) is 52.7 Å². The van der Waals surface area contributed by atoms with Crippen LogP contribution in [0.15, 0.2) is 59.2 Å². The van der Waals surface area contributed by atoms with Crippen molar-refractivity contribution in [3.63, 3.8) is 0 Å². The number of anilines is 1. The number of hydrogen-bond acceptors (Lipinski definition) is 6. The molecule has 2 aromatic heterocycles. The Bertz CT molecular complexity index is 1330. The summed E-state index contributed by atoms with van der Waals surface area (Å²) < 4.78 is 0. The highest BCUT2D eigenvalue weighted by Gasteiger charge is 2.22. The Morgan fingerprint density at radius 1 is 1.06 bits per heavy atom. The molecule has 7 heteroatoms. The van der Waals surface area contributed by atoms with Gasteiger partial charge in [0.25, 0.3) is 0 Å². The molecule has 4 aromatic rings. The first-order valence-corrected chi connectivity index (χ1v) is 12.5. The summed E-state index contributed by atoms with van der Waals surface area (Å²) in [5, 5.41) is 6.57. The van der Waals surface area contributed by atoms with Crippen molar-refractivity contribution in [2.45, 2.75) is 44.4 Å². The van der Waals surface area contributed by atoms with E-state index in [4.69, 9.17) is 0 Å². The van der Waals surface area contributed by atoms with E-state index in [0.717, 1.165) is 26.4 Å². The third kappa shape index (κ3) is 4.99. The number of benzene rings is 2. The second-order valence-electron chi connectivity index (χ2n) is 7.94. The number of thioether (sulfide) groups is 1. The number of amides is 1. The van der Waals surface area contributed by atoms with Crippen LogP contribution in [-0.2, 0) is 4.79 Å². The smallest absolute Gasteiger partial charge is 0.237 e. The van der Waals surface area contributed by atoms with Crippen LogP contribution in [0.5, 0.6) is 0 Å². The van der Waals surface area contributed by atoms with Gasteiger partial charge in [-0.1, -0.05) is 36.9 Å². The lowest BCUT2D eigenvalue weighted by Gasteiger charge is -2.15. The second-order valence-corrected chi connectivity index (χ2v) is 9.99. The highest BCUT2D eigenvalue weighted by atomic mass is 32.2. The maximum absolute atomic E-state index is 13.0. The van der Waals surface area contributed by atoms with Crippen molar-refractivity contribution < 1.29 is 9.59 Å². The lowest BCUT2D eigenvalue weighted by Crippen LogP contribution is -2.24. The van der Waals surface area contributed by atoms with Crippen LogP contribution in [0.2, 0.25) is 0 Å². The second kappa shape index (κ2) is 9.85. The van der Waals surface area contributed by atoms with Gasteiger partial charge in [0.2, 0.25) is 5.91 Å². The molecule has 0 aliphatic rings. The number of fused-ring (bicyclic) bond motifs is 1. The summed E-state index contributed by atoms with van der Waals surface area (Å²) in [4.78, 5) is 34.5. The first-order valence-electron chi connectivity index (χ1n) is 10.8. The summed E-state index contributed by atoms with van der Waals surface area (Å²) in [5.74, 6) is -0.0919. The van der Waals surface area contributed by atoms with E-state index in [-0.39, 0.29) is 16.9 Å². The Morgan fingerprint density at radius 3 is 2.48 bits per heavy atom. The van der Waals surface area contributed by atoms with Crippen molar-refractivity contribution in [3.8, 4) is 11.1 Å². The third-order valence-electron chi connectivity index (χ3n) is 5.63. The SMILES string of the molecule is CCC(Sc1ncnc2scc(-c3ccc(C)c(C)c3)c12)C(=O)Nc1ccc(C(C)=O)cc1. The number of nitrogens with one attached hydrogen (secondary N) is 1. The number of rotatable bonds is 7. The van der Waals surface area contributed by atoms with Crippen molar-refractivity contribution in [1.29, 1.82) is 0 Å². The molecule has 168 valence electrons. The summed E-state index contributed by atoms with van der Waals surface area (Å²) in [6.45, 7) is 7.73. The first kappa shape index (κ1) is 23.1. The number of thiophene rings is 1. The fourth-order valence-corrected chi connectivity index (χ4v) is 5.54. The topological polar surface area (TPSA) is 72.0 Å². The molecule has 0 fully saturated rings. The van der Waals surface area contributed by atoms with Gasteiger partial charge in [0, 0.05) is 22.2 Å². The van der Waals surface area contributed by atoms with E-state index in [1.807, 2.05) is 6.92 Å². The lowest BCUT2D eigenvalue weighted by atomic mass is 10.0. The summed E-state index contributed by atoms with van der Waals surface area (Å²) in [5.41, 5.74) is 6.00. The molecular weight excluding hydrogens is 450 g/mol. The van der Waals surface area contributed by atoms with E-state index >= 15 is 0 Å². The van der Waals surface area contributed by atoms with Crippen LogP contribution < -0.4 is 5.32 Å². The van der Waals surface area contributed by atoms with Gasteiger partial charge in [-0.15, -0.1) is 11.3 Å².